The zero-order valence-electron chi connectivity index (χ0n) is 10.6. The van der Waals surface area contributed by atoms with Crippen LogP contribution in [-0.2, 0) is 11.3 Å². The first-order chi connectivity index (χ1) is 9.11. The number of halogens is 1. The highest BCUT2D eigenvalue weighted by molar-refractivity contribution is 7.15. The van der Waals surface area contributed by atoms with Gasteiger partial charge in [0, 0.05) is 5.69 Å². The van der Waals surface area contributed by atoms with Gasteiger partial charge in [-0.25, -0.2) is 9.78 Å². The molecule has 19 heavy (non-hydrogen) atoms. The van der Waals surface area contributed by atoms with Gasteiger partial charge in [0.25, 0.3) is 0 Å². The van der Waals surface area contributed by atoms with Crippen molar-refractivity contribution < 1.29 is 9.53 Å². The fourth-order valence-corrected chi connectivity index (χ4v) is 2.60. The summed E-state index contributed by atoms with van der Waals surface area (Å²) in [5.74, 6) is -0.335. The zero-order valence-corrected chi connectivity index (χ0v) is 12.1. The molecule has 0 radical (unpaired) electrons. The molecule has 2 rings (SSSR count). The van der Waals surface area contributed by atoms with Crippen molar-refractivity contribution in [3.8, 4) is 0 Å². The average molecular weight is 297 g/mol. The summed E-state index contributed by atoms with van der Waals surface area (Å²) in [4.78, 5) is 15.8. The van der Waals surface area contributed by atoms with Crippen LogP contribution in [0, 0.1) is 6.92 Å². The lowest BCUT2D eigenvalue weighted by atomic mass is 10.1. The molecule has 0 unspecified atom stereocenters. The third-order valence-corrected chi connectivity index (χ3v) is 3.81. The van der Waals surface area contributed by atoms with Crippen molar-refractivity contribution in [2.24, 2.45) is 0 Å². The number of hydrogen-bond acceptors (Lipinski definition) is 5. The summed E-state index contributed by atoms with van der Waals surface area (Å²) in [5, 5.41) is 4.14. The minimum absolute atomic E-state index is 0.335. The quantitative estimate of drug-likeness (QED) is 0.877. The highest BCUT2D eigenvalue weighted by Crippen LogP contribution is 2.22. The second-order valence-corrected chi connectivity index (χ2v) is 5.63. The number of anilines is 1. The standard InChI is InChI=1S/C13H13ClN2O2S/c1-8-9(13(17)18-2)4-3-5-10(8)15-7-12-16-6-11(14)19-12/h3-6,15H,7H2,1-2H3. The topological polar surface area (TPSA) is 51.2 Å². The van der Waals surface area contributed by atoms with Crippen molar-refractivity contribution in [3.63, 3.8) is 0 Å². The van der Waals surface area contributed by atoms with E-state index in [0.29, 0.717) is 16.4 Å². The number of nitrogens with zero attached hydrogens (tertiary/aromatic N) is 1. The van der Waals surface area contributed by atoms with Crippen LogP contribution < -0.4 is 5.32 Å². The third kappa shape index (κ3) is 3.24. The summed E-state index contributed by atoms with van der Waals surface area (Å²) in [6, 6.07) is 5.47. The summed E-state index contributed by atoms with van der Waals surface area (Å²) in [6.07, 6.45) is 1.63. The van der Waals surface area contributed by atoms with Crippen molar-refractivity contribution in [3.05, 3.63) is 44.9 Å². The molecule has 0 spiro atoms. The predicted octanol–water partition coefficient (Wildman–Crippen LogP) is 3.50. The highest BCUT2D eigenvalue weighted by atomic mass is 35.5. The molecule has 0 amide bonds. The van der Waals surface area contributed by atoms with E-state index in [2.05, 4.69) is 10.3 Å². The first kappa shape index (κ1) is 13.8. The molecule has 0 saturated heterocycles. The van der Waals surface area contributed by atoms with Crippen LogP contribution in [0.1, 0.15) is 20.9 Å². The summed E-state index contributed by atoms with van der Waals surface area (Å²) in [5.41, 5.74) is 2.30. The van der Waals surface area contributed by atoms with E-state index in [1.165, 1.54) is 18.4 Å². The SMILES string of the molecule is COC(=O)c1cccc(NCc2ncc(Cl)s2)c1C. The van der Waals surface area contributed by atoms with E-state index in [9.17, 15) is 4.79 Å². The molecule has 0 aliphatic carbocycles. The molecule has 1 N–H and O–H groups in total. The first-order valence-electron chi connectivity index (χ1n) is 5.64. The zero-order chi connectivity index (χ0) is 13.8. The molecule has 2 aromatic rings. The normalized spacial score (nSPS) is 10.3. The van der Waals surface area contributed by atoms with Gasteiger partial charge in [-0.05, 0) is 24.6 Å². The van der Waals surface area contributed by atoms with Crippen LogP contribution in [-0.4, -0.2) is 18.1 Å². The second-order valence-electron chi connectivity index (χ2n) is 3.88. The Hall–Kier alpha value is -1.59. The number of esters is 1. The van der Waals surface area contributed by atoms with Crippen molar-refractivity contribution >= 4 is 34.6 Å². The third-order valence-electron chi connectivity index (χ3n) is 2.69. The Morgan fingerprint density at radius 2 is 2.32 bits per heavy atom. The van der Waals surface area contributed by atoms with E-state index in [4.69, 9.17) is 16.3 Å². The van der Waals surface area contributed by atoms with Gasteiger partial charge < -0.3 is 10.1 Å². The molecule has 1 heterocycles. The maximum atomic E-state index is 11.6. The first-order valence-corrected chi connectivity index (χ1v) is 6.83. The Labute approximate surface area is 120 Å². The maximum Gasteiger partial charge on any atom is 0.338 e. The Morgan fingerprint density at radius 1 is 1.53 bits per heavy atom. The van der Waals surface area contributed by atoms with Crippen LogP contribution in [0.4, 0.5) is 5.69 Å². The van der Waals surface area contributed by atoms with E-state index in [1.807, 2.05) is 19.1 Å². The molecule has 0 aliphatic rings. The van der Waals surface area contributed by atoms with E-state index < -0.39 is 0 Å². The van der Waals surface area contributed by atoms with Gasteiger partial charge in [-0.2, -0.15) is 0 Å². The molecule has 4 nitrogen and oxygen atoms in total. The number of carbonyl (C=O) groups excluding carboxylic acids is 1. The van der Waals surface area contributed by atoms with Crippen LogP contribution in [0.2, 0.25) is 4.34 Å². The van der Waals surface area contributed by atoms with Crippen molar-refractivity contribution in [1.82, 2.24) is 4.98 Å². The number of thiazole rings is 1. The van der Waals surface area contributed by atoms with E-state index in [1.54, 1.807) is 12.3 Å². The monoisotopic (exact) mass is 296 g/mol. The summed E-state index contributed by atoms with van der Waals surface area (Å²) >= 11 is 7.25. The largest absolute Gasteiger partial charge is 0.465 e. The summed E-state index contributed by atoms with van der Waals surface area (Å²) in [7, 11) is 1.37. The highest BCUT2D eigenvalue weighted by Gasteiger charge is 2.11. The van der Waals surface area contributed by atoms with Gasteiger partial charge >= 0.3 is 5.97 Å². The number of benzene rings is 1. The van der Waals surface area contributed by atoms with Gasteiger partial charge in [0.1, 0.15) is 9.34 Å². The Balaban J connectivity index is 2.14. The molecule has 0 atom stereocenters. The lowest BCUT2D eigenvalue weighted by Gasteiger charge is -2.11. The van der Waals surface area contributed by atoms with Crippen LogP contribution in [0.25, 0.3) is 0 Å². The van der Waals surface area contributed by atoms with Gasteiger partial charge in [-0.3, -0.25) is 0 Å². The van der Waals surface area contributed by atoms with E-state index in [-0.39, 0.29) is 5.97 Å². The lowest BCUT2D eigenvalue weighted by molar-refractivity contribution is 0.0600. The number of hydrogen-bond donors (Lipinski definition) is 1. The average Bonchev–Trinajstić information content (AvgIpc) is 2.82. The lowest BCUT2D eigenvalue weighted by Crippen LogP contribution is -2.07. The molecule has 0 fully saturated rings. The van der Waals surface area contributed by atoms with Gasteiger partial charge in [-0.15, -0.1) is 11.3 Å². The molecular weight excluding hydrogens is 284 g/mol. The number of rotatable bonds is 4. The molecule has 0 bridgehead atoms. The molecule has 0 aliphatic heterocycles. The fourth-order valence-electron chi connectivity index (χ4n) is 1.70. The van der Waals surface area contributed by atoms with Crippen molar-refractivity contribution in [1.29, 1.82) is 0 Å². The molecule has 1 aromatic carbocycles. The minimum atomic E-state index is -0.335. The number of aromatic nitrogens is 1. The summed E-state index contributed by atoms with van der Waals surface area (Å²) in [6.45, 7) is 2.45. The van der Waals surface area contributed by atoms with Crippen LogP contribution in [0.15, 0.2) is 24.4 Å². The van der Waals surface area contributed by atoms with E-state index >= 15 is 0 Å². The summed E-state index contributed by atoms with van der Waals surface area (Å²) < 4.78 is 5.41. The molecule has 0 saturated carbocycles. The van der Waals surface area contributed by atoms with Crippen LogP contribution in [0.3, 0.4) is 0 Å². The Kier molecular flexibility index (Phi) is 4.39. The predicted molar refractivity (Wildman–Crippen MR) is 77.0 cm³/mol. The smallest absolute Gasteiger partial charge is 0.338 e. The molecule has 100 valence electrons. The van der Waals surface area contributed by atoms with Crippen LogP contribution >= 0.6 is 22.9 Å². The molecule has 6 heteroatoms. The number of ether oxygens (including phenoxy) is 1. The Morgan fingerprint density at radius 3 is 2.95 bits per heavy atom. The number of carbonyl (C=O) groups is 1. The fraction of sp³-hybridized carbons (Fsp3) is 0.231. The van der Waals surface area contributed by atoms with Gasteiger partial charge in [-0.1, -0.05) is 17.7 Å². The Bertz CT molecular complexity index is 598. The van der Waals surface area contributed by atoms with Gasteiger partial charge in [0.05, 0.1) is 25.4 Å². The molecule has 1 aromatic heterocycles. The van der Waals surface area contributed by atoms with Gasteiger partial charge in [0.15, 0.2) is 0 Å². The minimum Gasteiger partial charge on any atom is -0.465 e. The van der Waals surface area contributed by atoms with Crippen LogP contribution in [0.5, 0.6) is 0 Å². The van der Waals surface area contributed by atoms with Gasteiger partial charge in [0.2, 0.25) is 0 Å². The van der Waals surface area contributed by atoms with Crippen molar-refractivity contribution in [2.75, 3.05) is 12.4 Å². The van der Waals surface area contributed by atoms with Crippen molar-refractivity contribution in [2.45, 2.75) is 13.5 Å². The number of methoxy groups -OCH3 is 1. The second kappa shape index (κ2) is 6.04. The molecular formula is C13H13ClN2O2S. The maximum absolute atomic E-state index is 11.6. The number of nitrogens with one attached hydrogen (secondary N) is 1. The van der Waals surface area contributed by atoms with E-state index in [0.717, 1.165) is 16.3 Å².